The first-order valence-corrected chi connectivity index (χ1v) is 12.4. The Kier molecular flexibility index (Phi) is 2.56. The monoisotopic (exact) mass is 524 g/mol. The number of benzene rings is 8. The van der Waals surface area contributed by atoms with Crippen LogP contribution in [0.25, 0.3) is 76.5 Å². The van der Waals surface area contributed by atoms with Gasteiger partial charge in [-0.05, 0) is 82.5 Å². The average Bonchev–Trinajstić information content (AvgIpc) is 3.21. The molecule has 0 saturated carbocycles. The first-order chi connectivity index (χ1) is 27.4. The molecule has 186 valence electrons. The molecule has 0 radical (unpaired) electrons. The van der Waals surface area contributed by atoms with Gasteiger partial charge in [0.15, 0.2) is 0 Å². The quantitative estimate of drug-likeness (QED) is 0.202. The Hall–Kier alpha value is -5.20. The molecule has 0 spiro atoms. The van der Waals surface area contributed by atoms with Crippen molar-refractivity contribution in [1.29, 1.82) is 0 Å². The molecule has 0 aromatic heterocycles. The van der Waals surface area contributed by atoms with Crippen LogP contribution < -0.4 is 0 Å². The molecule has 0 fully saturated rings. The van der Waals surface area contributed by atoms with Gasteiger partial charge < -0.3 is 0 Å². The fraction of sp³-hybridized carbons (Fsp3) is 0. The lowest BCUT2D eigenvalue weighted by molar-refractivity contribution is 1.63. The van der Waals surface area contributed by atoms with Crippen LogP contribution in [0, 0.1) is 0 Å². The first kappa shape index (κ1) is 11.1. The Labute approximate surface area is 259 Å². The molecule has 0 aliphatic rings. The van der Waals surface area contributed by atoms with Crippen molar-refractivity contribution in [1.82, 2.24) is 0 Å². The fourth-order valence-electron chi connectivity index (χ4n) is 5.26. The highest BCUT2D eigenvalue weighted by atomic mass is 14.2. The van der Waals surface area contributed by atoms with Crippen LogP contribution >= 0.6 is 0 Å². The molecule has 0 bridgehead atoms. The highest BCUT2D eigenvalue weighted by molar-refractivity contribution is 6.23. The lowest BCUT2D eigenvalue weighted by Crippen LogP contribution is -1.93. The largest absolute Gasteiger partial charge is 0.0636 e. The lowest BCUT2D eigenvalue weighted by atomic mass is 9.83. The van der Waals surface area contributed by atoms with E-state index in [0.717, 1.165) is 0 Å². The van der Waals surface area contributed by atoms with Gasteiger partial charge in [-0.15, -0.1) is 0 Å². The molecule has 0 heteroatoms. The van der Waals surface area contributed by atoms with Crippen LogP contribution in [0.5, 0.6) is 0 Å². The van der Waals surface area contributed by atoms with Gasteiger partial charge >= 0.3 is 0 Å². The Balaban J connectivity index is 1.63. The van der Waals surface area contributed by atoms with Crippen LogP contribution in [0.15, 0.2) is 157 Å². The molecule has 40 heavy (non-hydrogen) atoms. The molecule has 0 amide bonds. The summed E-state index contributed by atoms with van der Waals surface area (Å²) >= 11 is 0. The van der Waals surface area contributed by atoms with Crippen molar-refractivity contribution in [3.63, 3.8) is 0 Å². The SMILES string of the molecule is [2H]c1c([2H])c([2H])c(-c2c([2H])c([2H])c([2H])c3c([2H])c([2H])c([2H])c([2H])c23)c(-c2c3ccccc3c(-c3c([2H])c([2H])c4c([2H])c([2H])c([2H])c([2H])c4c3[2H])c3ccccc23)c1[2H]. The molecule has 0 unspecified atom stereocenters. The number of rotatable bonds is 3. The van der Waals surface area contributed by atoms with E-state index in [1.165, 1.54) is 0 Å². The number of hydrogen-bond donors (Lipinski definition) is 0. The van der Waals surface area contributed by atoms with E-state index >= 15 is 0 Å². The van der Waals surface area contributed by atoms with Gasteiger partial charge in [0, 0.05) is 0 Å². The average molecular weight is 525 g/mol. The molecule has 8 rings (SSSR count). The van der Waals surface area contributed by atoms with Crippen molar-refractivity contribution in [2.24, 2.45) is 0 Å². The van der Waals surface area contributed by atoms with Gasteiger partial charge in [-0.25, -0.2) is 0 Å². The van der Waals surface area contributed by atoms with Crippen molar-refractivity contribution in [3.05, 3.63) is 157 Å². The van der Waals surface area contributed by atoms with Crippen LogP contribution in [0.4, 0.5) is 0 Å². The molecule has 0 nitrogen and oxygen atoms in total. The van der Waals surface area contributed by atoms with Gasteiger partial charge in [0.2, 0.25) is 0 Å². The number of fused-ring (bicyclic) bond motifs is 4. The summed E-state index contributed by atoms with van der Waals surface area (Å²) in [6, 6.07) is 1.75. The van der Waals surface area contributed by atoms with E-state index in [9.17, 15) is 5.48 Å². The van der Waals surface area contributed by atoms with Crippen LogP contribution in [-0.2, 0) is 0 Å². The maximum atomic E-state index is 9.40. The molecule has 0 atom stereocenters. The summed E-state index contributed by atoms with van der Waals surface area (Å²) in [5.74, 6) is 0. The fourth-order valence-corrected chi connectivity index (χ4v) is 5.26. The molecule has 0 aliphatic carbocycles. The lowest BCUT2D eigenvalue weighted by Gasteiger charge is -2.20. The molecule has 0 aliphatic heterocycles. The predicted molar refractivity (Wildman–Crippen MR) is 173 cm³/mol. The first-order valence-electron chi connectivity index (χ1n) is 21.4. The third-order valence-corrected chi connectivity index (χ3v) is 6.93. The smallest absolute Gasteiger partial charge is 0.0616 e. The zero-order valence-electron chi connectivity index (χ0n) is 38.6. The van der Waals surface area contributed by atoms with Gasteiger partial charge in [-0.3, -0.25) is 0 Å². The minimum absolute atomic E-state index is 0.128. The summed E-state index contributed by atoms with van der Waals surface area (Å²) in [5, 5.41) is -0.112. The van der Waals surface area contributed by atoms with Gasteiger partial charge in [-0.1, -0.05) is 151 Å². The zero-order chi connectivity index (χ0) is 42.1. The second-order valence-corrected chi connectivity index (χ2v) is 9.09. The summed E-state index contributed by atoms with van der Waals surface area (Å²) in [7, 11) is 0. The maximum absolute atomic E-state index is 9.40. The van der Waals surface area contributed by atoms with Gasteiger partial charge in [0.1, 0.15) is 0 Å². The van der Waals surface area contributed by atoms with Crippen molar-refractivity contribution >= 4 is 43.1 Å². The Morgan fingerprint density at radius 1 is 0.350 bits per heavy atom. The molecular weight excluding hydrogens is 480 g/mol. The minimum Gasteiger partial charge on any atom is -0.0616 e. The van der Waals surface area contributed by atoms with E-state index in [2.05, 4.69) is 0 Å². The van der Waals surface area contributed by atoms with Gasteiger partial charge in [-0.2, -0.15) is 0 Å². The molecule has 0 N–H and O–H groups in total. The van der Waals surface area contributed by atoms with E-state index in [0.29, 0.717) is 21.5 Å². The Morgan fingerprint density at radius 3 is 1.60 bits per heavy atom. The Bertz CT molecular complexity index is 3140. The van der Waals surface area contributed by atoms with Crippen LogP contribution in [0.1, 0.15) is 24.7 Å². The second-order valence-electron chi connectivity index (χ2n) is 9.09. The van der Waals surface area contributed by atoms with E-state index < -0.39 is 120 Å². The molecule has 0 heterocycles. The van der Waals surface area contributed by atoms with Crippen LogP contribution in [-0.4, -0.2) is 0 Å². The van der Waals surface area contributed by atoms with Gasteiger partial charge in [0.25, 0.3) is 0 Å². The molecular formula is C40H26. The molecule has 8 aromatic carbocycles. The van der Waals surface area contributed by atoms with E-state index in [4.69, 9.17) is 19.2 Å². The third kappa shape index (κ3) is 3.54. The van der Waals surface area contributed by atoms with Crippen LogP contribution in [0.3, 0.4) is 0 Å². The van der Waals surface area contributed by atoms with Crippen molar-refractivity contribution in [2.45, 2.75) is 0 Å². The highest BCUT2D eigenvalue weighted by Crippen LogP contribution is 2.46. The van der Waals surface area contributed by atoms with Crippen molar-refractivity contribution < 1.29 is 24.7 Å². The van der Waals surface area contributed by atoms with Crippen molar-refractivity contribution in [2.75, 3.05) is 0 Å². The summed E-state index contributed by atoms with van der Waals surface area (Å²) < 4.78 is 158. The molecule has 8 aromatic rings. The van der Waals surface area contributed by atoms with E-state index in [1.807, 2.05) is 0 Å². The summed E-state index contributed by atoms with van der Waals surface area (Å²) in [5.41, 5.74) is -0.708. The summed E-state index contributed by atoms with van der Waals surface area (Å²) in [4.78, 5) is 0. The zero-order valence-corrected chi connectivity index (χ0v) is 20.6. The normalized spacial score (nSPS) is 17.8. The van der Waals surface area contributed by atoms with E-state index in [1.54, 1.807) is 48.5 Å². The second kappa shape index (κ2) is 9.22. The van der Waals surface area contributed by atoms with Crippen molar-refractivity contribution in [3.8, 4) is 33.4 Å². The van der Waals surface area contributed by atoms with Crippen LogP contribution in [0.2, 0.25) is 0 Å². The minimum atomic E-state index is -0.734. The van der Waals surface area contributed by atoms with E-state index in [-0.39, 0.29) is 44.0 Å². The maximum Gasteiger partial charge on any atom is 0.0636 e. The highest BCUT2D eigenvalue weighted by Gasteiger charge is 2.19. The Morgan fingerprint density at radius 2 is 0.875 bits per heavy atom. The topological polar surface area (TPSA) is 0 Å². The molecule has 0 saturated heterocycles. The van der Waals surface area contributed by atoms with Gasteiger partial charge in [0.05, 0.1) is 24.7 Å². The standard InChI is InChI=1S/C40H26/c1-2-14-29-26-30(25-24-27(29)12-1)39-35-19-7-9-21-37(35)40(38-22-10-8-20-36(38)39)34-18-6-5-17-33(34)32-23-11-15-28-13-3-4-16-31(28)32/h1-26H/i1D,2D,3D,4D,5D,6D,11D,12D,13D,14D,15D,16D,17D,18D,23D,24D,25D,26D. The third-order valence-electron chi connectivity index (χ3n) is 6.93. The summed E-state index contributed by atoms with van der Waals surface area (Å²) in [6.45, 7) is 0. The predicted octanol–water partition coefficient (Wildman–Crippen LogP) is 11.3. The number of hydrogen-bond acceptors (Lipinski definition) is 0. The summed E-state index contributed by atoms with van der Waals surface area (Å²) in [6.07, 6.45) is 0.